The average molecular weight is 403 g/mol. The van der Waals surface area contributed by atoms with E-state index in [4.69, 9.17) is 27.9 Å². The van der Waals surface area contributed by atoms with Crippen LogP contribution in [0.1, 0.15) is 5.56 Å². The van der Waals surface area contributed by atoms with Gasteiger partial charge in [0.05, 0.1) is 23.9 Å². The molecule has 136 valence electrons. The van der Waals surface area contributed by atoms with Gasteiger partial charge in [0, 0.05) is 21.5 Å². The molecule has 4 rings (SSSR count). The highest BCUT2D eigenvalue weighted by atomic mass is 35.5. The lowest BCUT2D eigenvalue weighted by atomic mass is 10.2. The molecule has 0 amide bonds. The molecule has 0 aliphatic carbocycles. The molecule has 0 saturated heterocycles. The Morgan fingerprint density at radius 2 is 1.89 bits per heavy atom. The van der Waals surface area contributed by atoms with Crippen LogP contribution in [-0.4, -0.2) is 28.0 Å². The normalized spacial score (nSPS) is 11.7. The second-order valence-electron chi connectivity index (χ2n) is 5.74. The first-order valence-corrected chi connectivity index (χ1v) is 8.57. The summed E-state index contributed by atoms with van der Waals surface area (Å²) in [6, 6.07) is 10.1. The maximum absolute atomic E-state index is 12.7. The van der Waals surface area contributed by atoms with E-state index in [1.165, 1.54) is 6.21 Å². The zero-order valence-electron chi connectivity index (χ0n) is 13.9. The minimum atomic E-state index is -0.669. The molecule has 0 fully saturated rings. The van der Waals surface area contributed by atoms with Crippen LogP contribution in [0.4, 0.5) is 0 Å². The number of rotatable bonds is 3. The Bertz CT molecular complexity index is 1330. The lowest BCUT2D eigenvalue weighted by Gasteiger charge is -2.00. The van der Waals surface area contributed by atoms with Gasteiger partial charge >= 0.3 is 11.2 Å². The summed E-state index contributed by atoms with van der Waals surface area (Å²) in [7, 11) is 1.54. The number of hydrogen-bond donors (Lipinski definition) is 2. The van der Waals surface area contributed by atoms with Crippen LogP contribution < -0.4 is 16.0 Å². The molecule has 2 aromatic heterocycles. The Morgan fingerprint density at radius 1 is 1.07 bits per heavy atom. The summed E-state index contributed by atoms with van der Waals surface area (Å²) in [4.78, 5) is 30.8. The van der Waals surface area contributed by atoms with Crippen LogP contribution >= 0.6 is 23.2 Å². The van der Waals surface area contributed by atoms with Crippen LogP contribution in [0, 0.1) is 0 Å². The van der Waals surface area contributed by atoms with Crippen LogP contribution in [0.25, 0.3) is 21.9 Å². The third kappa shape index (κ3) is 3.01. The molecular formula is C18H12Cl2N4O3. The summed E-state index contributed by atoms with van der Waals surface area (Å²) in [6.45, 7) is 0. The van der Waals surface area contributed by atoms with Gasteiger partial charge in [-0.1, -0.05) is 29.3 Å². The summed E-state index contributed by atoms with van der Waals surface area (Å²) < 4.78 is 5.93. The van der Waals surface area contributed by atoms with Crippen molar-refractivity contribution in [2.24, 2.45) is 5.10 Å². The molecule has 0 spiro atoms. The smallest absolute Gasteiger partial charge is 0.350 e. The van der Waals surface area contributed by atoms with Gasteiger partial charge in [-0.3, -0.25) is 4.79 Å². The van der Waals surface area contributed by atoms with E-state index in [0.29, 0.717) is 37.8 Å². The predicted octanol–water partition coefficient (Wildman–Crippen LogP) is 3.37. The van der Waals surface area contributed by atoms with Gasteiger partial charge in [-0.25, -0.2) is 4.79 Å². The number of ether oxygens (including phenoxy) is 1. The van der Waals surface area contributed by atoms with Gasteiger partial charge < -0.3 is 14.7 Å². The molecule has 9 heteroatoms. The molecule has 0 bridgehead atoms. The quantitative estimate of drug-likeness (QED) is 0.514. The maximum Gasteiger partial charge on any atom is 0.350 e. The van der Waals surface area contributed by atoms with Crippen LogP contribution in [0.2, 0.25) is 10.0 Å². The predicted molar refractivity (Wildman–Crippen MR) is 107 cm³/mol. The standard InChI is InChI=1S/C18H12Cl2N4O3/c1-27-11-4-5-14-12(7-11)15-16(22-14)17(25)24(18(26)23-15)21-8-9-2-3-10(19)6-13(9)20/h2-8,22H,1H3,(H,23,26)/b21-8+. The summed E-state index contributed by atoms with van der Waals surface area (Å²) in [6.07, 6.45) is 1.33. The highest BCUT2D eigenvalue weighted by Crippen LogP contribution is 2.25. The number of fused-ring (bicyclic) bond motifs is 3. The highest BCUT2D eigenvalue weighted by Gasteiger charge is 2.13. The summed E-state index contributed by atoms with van der Waals surface area (Å²) in [5, 5.41) is 5.49. The molecule has 4 aromatic rings. The first-order valence-electron chi connectivity index (χ1n) is 7.82. The van der Waals surface area contributed by atoms with Gasteiger partial charge in [0.2, 0.25) is 0 Å². The van der Waals surface area contributed by atoms with Crippen molar-refractivity contribution in [3.8, 4) is 5.75 Å². The fraction of sp³-hybridized carbons (Fsp3) is 0.0556. The molecule has 0 unspecified atom stereocenters. The first-order chi connectivity index (χ1) is 13.0. The molecule has 2 heterocycles. The van der Waals surface area contributed by atoms with Gasteiger partial charge in [0.25, 0.3) is 0 Å². The van der Waals surface area contributed by atoms with Crippen LogP contribution in [-0.2, 0) is 0 Å². The Kier molecular flexibility index (Phi) is 4.25. The number of H-pyrrole nitrogens is 2. The molecule has 7 nitrogen and oxygen atoms in total. The van der Waals surface area contributed by atoms with Crippen molar-refractivity contribution in [1.82, 2.24) is 14.6 Å². The van der Waals surface area contributed by atoms with Crippen molar-refractivity contribution in [2.75, 3.05) is 7.11 Å². The average Bonchev–Trinajstić information content (AvgIpc) is 3.01. The van der Waals surface area contributed by atoms with E-state index in [1.54, 1.807) is 43.5 Å². The summed E-state index contributed by atoms with van der Waals surface area (Å²) in [5.41, 5.74) is 0.602. The van der Waals surface area contributed by atoms with Crippen molar-refractivity contribution in [3.05, 3.63) is 72.8 Å². The number of aromatic nitrogens is 3. The molecule has 0 aliphatic rings. The molecule has 2 aromatic carbocycles. The molecule has 0 aliphatic heterocycles. The minimum absolute atomic E-state index is 0.234. The Balaban J connectivity index is 1.89. The molecule has 27 heavy (non-hydrogen) atoms. The van der Waals surface area contributed by atoms with Crippen LogP contribution in [0.5, 0.6) is 5.75 Å². The van der Waals surface area contributed by atoms with Crippen molar-refractivity contribution in [1.29, 1.82) is 0 Å². The van der Waals surface area contributed by atoms with Crippen LogP contribution in [0.15, 0.2) is 51.1 Å². The van der Waals surface area contributed by atoms with Gasteiger partial charge in [-0.2, -0.15) is 5.10 Å². The van der Waals surface area contributed by atoms with Crippen molar-refractivity contribution >= 4 is 51.4 Å². The summed E-state index contributed by atoms with van der Waals surface area (Å²) in [5.74, 6) is 0.615. The Morgan fingerprint density at radius 3 is 2.63 bits per heavy atom. The molecule has 0 radical (unpaired) electrons. The van der Waals surface area contributed by atoms with Crippen molar-refractivity contribution in [2.45, 2.75) is 0 Å². The number of halogens is 2. The molecule has 0 saturated carbocycles. The highest BCUT2D eigenvalue weighted by molar-refractivity contribution is 6.36. The second-order valence-corrected chi connectivity index (χ2v) is 6.59. The van der Waals surface area contributed by atoms with Gasteiger partial charge in [-0.15, -0.1) is 4.68 Å². The fourth-order valence-corrected chi connectivity index (χ4v) is 3.23. The number of nitrogens with zero attached hydrogens (tertiary/aromatic N) is 2. The largest absolute Gasteiger partial charge is 0.497 e. The van der Waals surface area contributed by atoms with E-state index in [1.807, 2.05) is 0 Å². The van der Waals surface area contributed by atoms with Crippen molar-refractivity contribution in [3.63, 3.8) is 0 Å². The zero-order chi connectivity index (χ0) is 19.1. The number of methoxy groups -OCH3 is 1. The van der Waals surface area contributed by atoms with E-state index in [9.17, 15) is 9.59 Å². The molecular weight excluding hydrogens is 391 g/mol. The van der Waals surface area contributed by atoms with E-state index in [0.717, 1.165) is 4.68 Å². The van der Waals surface area contributed by atoms with Crippen LogP contribution in [0.3, 0.4) is 0 Å². The number of hydrogen-bond acceptors (Lipinski definition) is 4. The van der Waals surface area contributed by atoms with E-state index >= 15 is 0 Å². The number of benzene rings is 2. The number of aromatic amines is 2. The Hall–Kier alpha value is -3.03. The fourth-order valence-electron chi connectivity index (χ4n) is 2.78. The number of nitrogens with one attached hydrogen (secondary N) is 2. The van der Waals surface area contributed by atoms with Gasteiger partial charge in [0.1, 0.15) is 11.3 Å². The van der Waals surface area contributed by atoms with E-state index < -0.39 is 11.2 Å². The summed E-state index contributed by atoms with van der Waals surface area (Å²) >= 11 is 11.9. The van der Waals surface area contributed by atoms with Crippen molar-refractivity contribution < 1.29 is 4.74 Å². The Labute approximate surface area is 161 Å². The topological polar surface area (TPSA) is 92.2 Å². The minimum Gasteiger partial charge on any atom is -0.497 e. The van der Waals surface area contributed by atoms with E-state index in [2.05, 4.69) is 15.1 Å². The second kappa shape index (κ2) is 6.61. The monoisotopic (exact) mass is 402 g/mol. The molecule has 0 atom stereocenters. The van der Waals surface area contributed by atoms with Gasteiger partial charge in [-0.05, 0) is 30.3 Å². The van der Waals surface area contributed by atoms with E-state index in [-0.39, 0.29) is 5.52 Å². The lowest BCUT2D eigenvalue weighted by Crippen LogP contribution is -2.32. The third-order valence-corrected chi connectivity index (χ3v) is 4.67. The first kappa shape index (κ1) is 17.4. The van der Waals surface area contributed by atoms with Gasteiger partial charge in [0.15, 0.2) is 0 Å². The zero-order valence-corrected chi connectivity index (χ0v) is 15.4. The lowest BCUT2D eigenvalue weighted by molar-refractivity contribution is 0.415. The SMILES string of the molecule is COc1ccc2[nH]c3c(=O)n(/N=C/c4ccc(Cl)cc4Cl)c(=O)[nH]c3c2c1. The maximum atomic E-state index is 12.7. The molecule has 2 N–H and O–H groups in total. The third-order valence-electron chi connectivity index (χ3n) is 4.11.